The van der Waals surface area contributed by atoms with Gasteiger partial charge in [-0.3, -0.25) is 0 Å². The van der Waals surface area contributed by atoms with Crippen LogP contribution in [0, 0.1) is 0 Å². The van der Waals surface area contributed by atoms with Gasteiger partial charge in [0.15, 0.2) is 5.82 Å². The predicted octanol–water partition coefficient (Wildman–Crippen LogP) is 13.5. The van der Waals surface area contributed by atoms with Gasteiger partial charge in [-0.1, -0.05) is 166 Å². The van der Waals surface area contributed by atoms with E-state index in [0.717, 1.165) is 33.9 Å². The summed E-state index contributed by atoms with van der Waals surface area (Å²) in [6.07, 6.45) is 0. The van der Waals surface area contributed by atoms with Crippen LogP contribution < -0.4 is 0 Å². The van der Waals surface area contributed by atoms with Crippen molar-refractivity contribution in [2.24, 2.45) is 0 Å². The maximum atomic E-state index is 5.06. The van der Waals surface area contributed by atoms with Crippen molar-refractivity contribution in [1.29, 1.82) is 0 Å². The van der Waals surface area contributed by atoms with Gasteiger partial charge >= 0.3 is 0 Å². The molecule has 1 aliphatic rings. The van der Waals surface area contributed by atoms with E-state index in [-0.39, 0.29) is 5.41 Å². The van der Waals surface area contributed by atoms with E-state index in [9.17, 15) is 0 Å². The van der Waals surface area contributed by atoms with Gasteiger partial charge in [0.1, 0.15) is 0 Å². The standard InChI is InChI=1S/C49H34N2S/c1-49(2)41-21-10-9-17-38(41)39-28-27-35(29-42(39)49)37-19-11-20-40-46-36(18-12-22-45(46)52-47(37)40)31-23-25-34(26-24-31)48-50-43(32-13-5-3-6-14-32)30-44(51-48)33-15-7-4-8-16-33/h3-30H,1-2H3. The van der Waals surface area contributed by atoms with Gasteiger partial charge in [0.25, 0.3) is 0 Å². The monoisotopic (exact) mass is 682 g/mol. The van der Waals surface area contributed by atoms with Crippen LogP contribution in [0.4, 0.5) is 0 Å². The van der Waals surface area contributed by atoms with Gasteiger partial charge in [0.05, 0.1) is 11.4 Å². The zero-order valence-electron chi connectivity index (χ0n) is 29.0. The van der Waals surface area contributed by atoms with E-state index >= 15 is 0 Å². The fraction of sp³-hybridized carbons (Fsp3) is 0.0612. The number of rotatable bonds is 5. The molecular weight excluding hydrogens is 649 g/mol. The Hall–Kier alpha value is -6.16. The Morgan fingerprint density at radius 2 is 1.00 bits per heavy atom. The molecule has 0 aliphatic heterocycles. The minimum Gasteiger partial charge on any atom is -0.228 e. The number of benzene rings is 7. The summed E-state index contributed by atoms with van der Waals surface area (Å²) in [4.78, 5) is 10.1. The van der Waals surface area contributed by atoms with E-state index in [2.05, 4.69) is 172 Å². The van der Waals surface area contributed by atoms with Crippen LogP contribution in [0.5, 0.6) is 0 Å². The normalized spacial score (nSPS) is 13.0. The Bertz CT molecular complexity index is 2740. The van der Waals surface area contributed by atoms with Crippen molar-refractivity contribution in [2.45, 2.75) is 19.3 Å². The molecule has 0 bridgehead atoms. The highest BCUT2D eigenvalue weighted by atomic mass is 32.1. The van der Waals surface area contributed by atoms with E-state index in [1.165, 1.54) is 64.7 Å². The van der Waals surface area contributed by atoms with Crippen LogP contribution in [0.3, 0.4) is 0 Å². The van der Waals surface area contributed by atoms with E-state index < -0.39 is 0 Å². The lowest BCUT2D eigenvalue weighted by Gasteiger charge is -2.22. The predicted molar refractivity (Wildman–Crippen MR) is 220 cm³/mol. The van der Waals surface area contributed by atoms with Crippen molar-refractivity contribution < 1.29 is 0 Å². The molecule has 0 unspecified atom stereocenters. The molecular formula is C49H34N2S. The fourth-order valence-electron chi connectivity index (χ4n) is 8.08. The summed E-state index contributed by atoms with van der Waals surface area (Å²) in [5.74, 6) is 0.719. The van der Waals surface area contributed by atoms with Crippen LogP contribution in [0.2, 0.25) is 0 Å². The highest BCUT2D eigenvalue weighted by Gasteiger charge is 2.35. The highest BCUT2D eigenvalue weighted by molar-refractivity contribution is 7.26. The van der Waals surface area contributed by atoms with Crippen LogP contribution >= 0.6 is 11.3 Å². The number of aromatic nitrogens is 2. The van der Waals surface area contributed by atoms with Crippen molar-refractivity contribution in [3.8, 4) is 67.3 Å². The third-order valence-electron chi connectivity index (χ3n) is 10.7. The summed E-state index contributed by atoms with van der Waals surface area (Å²) in [5, 5.41) is 2.60. The SMILES string of the molecule is CC1(C)c2ccccc2-c2ccc(-c3cccc4c3sc3cccc(-c5ccc(-c6nc(-c7ccccc7)cc(-c7ccccc7)n6)cc5)c34)cc21. The quantitative estimate of drug-likeness (QED) is 0.181. The van der Waals surface area contributed by atoms with Crippen molar-refractivity contribution in [1.82, 2.24) is 9.97 Å². The average molecular weight is 683 g/mol. The molecule has 0 radical (unpaired) electrons. The summed E-state index contributed by atoms with van der Waals surface area (Å²) in [7, 11) is 0. The fourth-order valence-corrected chi connectivity index (χ4v) is 9.34. The van der Waals surface area contributed by atoms with E-state index in [0.29, 0.717) is 0 Å². The number of fused-ring (bicyclic) bond motifs is 6. The molecule has 2 nitrogen and oxygen atoms in total. The maximum absolute atomic E-state index is 5.06. The smallest absolute Gasteiger partial charge is 0.160 e. The lowest BCUT2D eigenvalue weighted by atomic mass is 9.81. The first kappa shape index (κ1) is 30.6. The molecule has 0 atom stereocenters. The summed E-state index contributed by atoms with van der Waals surface area (Å²) in [6, 6.07) is 61.0. The Balaban J connectivity index is 1.06. The Labute approximate surface area is 307 Å². The van der Waals surface area contributed by atoms with Gasteiger partial charge in [-0.05, 0) is 62.7 Å². The summed E-state index contributed by atoms with van der Waals surface area (Å²) < 4.78 is 2.62. The van der Waals surface area contributed by atoms with E-state index in [4.69, 9.17) is 9.97 Å². The van der Waals surface area contributed by atoms with Gasteiger partial charge < -0.3 is 0 Å². The molecule has 10 rings (SSSR count). The second-order valence-corrected chi connectivity index (χ2v) is 15.2. The Morgan fingerprint density at radius 3 is 1.73 bits per heavy atom. The Morgan fingerprint density at radius 1 is 0.423 bits per heavy atom. The molecule has 0 spiro atoms. The van der Waals surface area contributed by atoms with E-state index in [1.807, 2.05) is 23.5 Å². The molecule has 2 heterocycles. The van der Waals surface area contributed by atoms with Crippen LogP contribution in [0.1, 0.15) is 25.0 Å². The first-order valence-corrected chi connectivity index (χ1v) is 18.6. The third-order valence-corrected chi connectivity index (χ3v) is 11.9. The minimum atomic E-state index is -0.0354. The zero-order chi connectivity index (χ0) is 34.8. The molecule has 7 aromatic carbocycles. The van der Waals surface area contributed by atoms with Crippen molar-refractivity contribution in [3.63, 3.8) is 0 Å². The van der Waals surface area contributed by atoms with Gasteiger partial charge in [-0.15, -0.1) is 11.3 Å². The largest absolute Gasteiger partial charge is 0.228 e. The van der Waals surface area contributed by atoms with Crippen LogP contribution in [-0.2, 0) is 5.41 Å². The van der Waals surface area contributed by atoms with E-state index in [1.54, 1.807) is 0 Å². The number of nitrogens with zero attached hydrogens (tertiary/aromatic N) is 2. The molecule has 246 valence electrons. The Kier molecular flexibility index (Phi) is 7.06. The van der Waals surface area contributed by atoms with Crippen molar-refractivity contribution >= 4 is 31.5 Å². The first-order chi connectivity index (χ1) is 25.5. The number of hydrogen-bond donors (Lipinski definition) is 0. The summed E-state index contributed by atoms with van der Waals surface area (Å²) >= 11 is 1.89. The molecule has 2 aromatic heterocycles. The van der Waals surface area contributed by atoms with Crippen LogP contribution in [0.25, 0.3) is 87.5 Å². The number of thiophene rings is 1. The molecule has 0 N–H and O–H groups in total. The summed E-state index contributed by atoms with van der Waals surface area (Å²) in [5.41, 5.74) is 15.4. The minimum absolute atomic E-state index is 0.0354. The molecule has 0 amide bonds. The topological polar surface area (TPSA) is 25.8 Å². The molecule has 1 aliphatic carbocycles. The molecule has 0 saturated carbocycles. The number of hydrogen-bond acceptors (Lipinski definition) is 3. The highest BCUT2D eigenvalue weighted by Crippen LogP contribution is 2.51. The molecule has 3 heteroatoms. The molecule has 9 aromatic rings. The maximum Gasteiger partial charge on any atom is 0.160 e. The van der Waals surface area contributed by atoms with Crippen molar-refractivity contribution in [3.05, 3.63) is 181 Å². The lowest BCUT2D eigenvalue weighted by Crippen LogP contribution is -2.14. The second-order valence-electron chi connectivity index (χ2n) is 14.2. The molecule has 0 fully saturated rings. The van der Waals surface area contributed by atoms with Crippen LogP contribution in [0.15, 0.2) is 170 Å². The lowest BCUT2D eigenvalue weighted by molar-refractivity contribution is 0.660. The zero-order valence-corrected chi connectivity index (χ0v) is 29.8. The summed E-state index contributed by atoms with van der Waals surface area (Å²) in [6.45, 7) is 4.71. The van der Waals surface area contributed by atoms with Crippen LogP contribution in [-0.4, -0.2) is 9.97 Å². The van der Waals surface area contributed by atoms with Gasteiger partial charge in [0, 0.05) is 42.3 Å². The third kappa shape index (κ3) is 4.92. The van der Waals surface area contributed by atoms with Gasteiger partial charge in [-0.2, -0.15) is 0 Å². The van der Waals surface area contributed by atoms with Gasteiger partial charge in [-0.25, -0.2) is 9.97 Å². The van der Waals surface area contributed by atoms with Crippen molar-refractivity contribution in [2.75, 3.05) is 0 Å². The molecule has 0 saturated heterocycles. The van der Waals surface area contributed by atoms with Gasteiger partial charge in [0.2, 0.25) is 0 Å². The first-order valence-electron chi connectivity index (χ1n) is 17.8. The second kappa shape index (κ2) is 12.0. The average Bonchev–Trinajstić information content (AvgIpc) is 3.70. The molecule has 52 heavy (non-hydrogen) atoms.